The van der Waals surface area contributed by atoms with E-state index in [1.807, 2.05) is 24.8 Å². The van der Waals surface area contributed by atoms with Crippen molar-refractivity contribution in [2.24, 2.45) is 5.92 Å². The van der Waals surface area contributed by atoms with Crippen molar-refractivity contribution in [3.63, 3.8) is 0 Å². The summed E-state index contributed by atoms with van der Waals surface area (Å²) in [5, 5.41) is 23.7. The number of aromatic amines is 1. The molecule has 1 aromatic heterocycles. The first-order valence-corrected chi connectivity index (χ1v) is 10.7. The Morgan fingerprint density at radius 3 is 2.59 bits per heavy atom. The lowest BCUT2D eigenvalue weighted by Crippen LogP contribution is -2.46. The summed E-state index contributed by atoms with van der Waals surface area (Å²) in [5.74, 6) is -2.66. The van der Waals surface area contributed by atoms with Gasteiger partial charge in [0.1, 0.15) is 11.7 Å². The monoisotopic (exact) mass is 456 g/mol. The second-order valence-corrected chi connectivity index (χ2v) is 8.63. The normalized spacial score (nSPS) is 24.9. The highest BCUT2D eigenvalue weighted by atomic mass is 35.5. The summed E-state index contributed by atoms with van der Waals surface area (Å²) in [5.41, 5.74) is -0.573. The Balaban J connectivity index is 1.91. The Hall–Kier alpha value is -3.45. The number of non-ortho nitro benzene ring substituents is 1. The van der Waals surface area contributed by atoms with Gasteiger partial charge in [-0.05, 0) is 44.7 Å². The van der Waals surface area contributed by atoms with E-state index in [2.05, 4.69) is 15.3 Å². The molecule has 11 heteroatoms. The van der Waals surface area contributed by atoms with E-state index in [0.717, 1.165) is 19.3 Å². The van der Waals surface area contributed by atoms with E-state index in [1.165, 1.54) is 18.2 Å². The van der Waals surface area contributed by atoms with Gasteiger partial charge in [0.2, 0.25) is 11.9 Å². The lowest BCUT2D eigenvalue weighted by molar-refractivity contribution is -0.384. The van der Waals surface area contributed by atoms with Crippen LogP contribution >= 0.6 is 11.6 Å². The molecule has 0 aliphatic carbocycles. The molecule has 10 nitrogen and oxygen atoms in total. The number of piperidine rings is 1. The molecule has 0 saturated carbocycles. The van der Waals surface area contributed by atoms with Gasteiger partial charge in [-0.2, -0.15) is 10.2 Å². The molecule has 1 saturated heterocycles. The minimum absolute atomic E-state index is 0.0396. The van der Waals surface area contributed by atoms with Crippen LogP contribution in [0.3, 0.4) is 0 Å². The molecule has 2 aliphatic heterocycles. The second-order valence-electron chi connectivity index (χ2n) is 8.22. The summed E-state index contributed by atoms with van der Waals surface area (Å²) >= 11 is 6.31. The number of nitro benzene ring substituents is 1. The molecule has 1 amide bonds. The number of nitriles is 1. The van der Waals surface area contributed by atoms with Gasteiger partial charge in [0.15, 0.2) is 0 Å². The van der Waals surface area contributed by atoms with E-state index in [4.69, 9.17) is 11.6 Å². The van der Waals surface area contributed by atoms with Crippen molar-refractivity contribution < 1.29 is 9.72 Å². The standard InChI is InChI=1S/C21H21ClN6O4/c1-10-4-3-5-11(2)27(10)21-25-18-17(20(30)26-21)16(14(9-23)19(29)24-18)13-8-12(28(31)32)6-7-15(13)22/h6-8,10-11,14,16H,3-5H2,1-2H3,(H2,24,25,26,29,30). The van der Waals surface area contributed by atoms with Crippen LogP contribution in [0.2, 0.25) is 5.02 Å². The number of carbonyl (C=O) groups excluding carboxylic acids is 1. The predicted molar refractivity (Wildman–Crippen MR) is 118 cm³/mol. The van der Waals surface area contributed by atoms with Crippen LogP contribution in [-0.2, 0) is 4.79 Å². The highest BCUT2D eigenvalue weighted by Crippen LogP contribution is 2.42. The molecular weight excluding hydrogens is 436 g/mol. The van der Waals surface area contributed by atoms with Crippen LogP contribution in [0.1, 0.15) is 50.2 Å². The second kappa shape index (κ2) is 8.24. The number of rotatable bonds is 3. The minimum atomic E-state index is -1.30. The van der Waals surface area contributed by atoms with E-state index in [-0.39, 0.29) is 39.7 Å². The highest BCUT2D eigenvalue weighted by molar-refractivity contribution is 6.31. The predicted octanol–water partition coefficient (Wildman–Crippen LogP) is 3.32. The Labute approximate surface area is 188 Å². The third-order valence-corrected chi connectivity index (χ3v) is 6.56. The maximum absolute atomic E-state index is 13.3. The van der Waals surface area contributed by atoms with E-state index in [1.54, 1.807) is 0 Å². The smallest absolute Gasteiger partial charge is 0.269 e. The van der Waals surface area contributed by atoms with Crippen LogP contribution in [0, 0.1) is 27.4 Å². The van der Waals surface area contributed by atoms with Crippen molar-refractivity contribution >= 4 is 35.0 Å². The molecule has 4 unspecified atom stereocenters. The Morgan fingerprint density at radius 1 is 1.28 bits per heavy atom. The van der Waals surface area contributed by atoms with Gasteiger partial charge in [0.05, 0.1) is 16.6 Å². The number of hydrogen-bond donors (Lipinski definition) is 2. The number of anilines is 2. The van der Waals surface area contributed by atoms with Gasteiger partial charge in [-0.1, -0.05) is 11.6 Å². The summed E-state index contributed by atoms with van der Waals surface area (Å²) in [4.78, 5) is 46.1. The number of nitro groups is 1. The number of fused-ring (bicyclic) bond motifs is 1. The molecule has 3 heterocycles. The maximum Gasteiger partial charge on any atom is 0.269 e. The fourth-order valence-electron chi connectivity index (χ4n) is 4.68. The quantitative estimate of drug-likeness (QED) is 0.532. The Bertz CT molecular complexity index is 1200. The van der Waals surface area contributed by atoms with Crippen molar-refractivity contribution in [3.8, 4) is 6.07 Å². The minimum Gasteiger partial charge on any atom is -0.337 e. The molecule has 4 rings (SSSR count). The summed E-state index contributed by atoms with van der Waals surface area (Å²) in [6.07, 6.45) is 2.96. The van der Waals surface area contributed by atoms with E-state index >= 15 is 0 Å². The number of carbonyl (C=O) groups is 1. The molecule has 2 aromatic rings. The van der Waals surface area contributed by atoms with Crippen LogP contribution in [0.25, 0.3) is 0 Å². The number of halogens is 1. The molecule has 1 fully saturated rings. The van der Waals surface area contributed by atoms with Crippen molar-refractivity contribution in [2.45, 2.75) is 51.1 Å². The van der Waals surface area contributed by atoms with Crippen LogP contribution in [-0.4, -0.2) is 32.9 Å². The van der Waals surface area contributed by atoms with Crippen molar-refractivity contribution in [2.75, 3.05) is 10.2 Å². The summed E-state index contributed by atoms with van der Waals surface area (Å²) in [7, 11) is 0. The van der Waals surface area contributed by atoms with Crippen LogP contribution < -0.4 is 15.8 Å². The average Bonchev–Trinajstić information content (AvgIpc) is 2.73. The summed E-state index contributed by atoms with van der Waals surface area (Å²) < 4.78 is 0. The maximum atomic E-state index is 13.3. The van der Waals surface area contributed by atoms with E-state index < -0.39 is 28.2 Å². The van der Waals surface area contributed by atoms with E-state index in [9.17, 15) is 25.0 Å². The van der Waals surface area contributed by atoms with Gasteiger partial charge >= 0.3 is 0 Å². The third-order valence-electron chi connectivity index (χ3n) is 6.21. The van der Waals surface area contributed by atoms with Crippen LogP contribution in [0.15, 0.2) is 23.0 Å². The van der Waals surface area contributed by atoms with Gasteiger partial charge in [-0.25, -0.2) is 0 Å². The largest absolute Gasteiger partial charge is 0.337 e. The number of nitrogens with zero attached hydrogens (tertiary/aromatic N) is 4. The zero-order chi connectivity index (χ0) is 23.2. The average molecular weight is 457 g/mol. The third kappa shape index (κ3) is 3.58. The molecular formula is C21H21ClN6O4. The van der Waals surface area contributed by atoms with Crippen LogP contribution in [0.5, 0.6) is 0 Å². The summed E-state index contributed by atoms with van der Waals surface area (Å²) in [6, 6.07) is 5.94. The molecule has 0 radical (unpaired) electrons. The van der Waals surface area contributed by atoms with Crippen molar-refractivity contribution in [1.29, 1.82) is 5.26 Å². The number of hydrogen-bond acceptors (Lipinski definition) is 7. The molecule has 2 N–H and O–H groups in total. The molecule has 0 spiro atoms. The zero-order valence-electron chi connectivity index (χ0n) is 17.5. The van der Waals surface area contributed by atoms with Gasteiger partial charge in [-0.3, -0.25) is 24.7 Å². The topological polar surface area (TPSA) is 145 Å². The van der Waals surface area contributed by atoms with Gasteiger partial charge in [-0.15, -0.1) is 0 Å². The number of nitrogens with one attached hydrogen (secondary N) is 2. The lowest BCUT2D eigenvalue weighted by Gasteiger charge is -2.40. The van der Waals surface area contributed by atoms with Crippen molar-refractivity contribution in [3.05, 3.63) is 54.8 Å². The zero-order valence-corrected chi connectivity index (χ0v) is 18.2. The Kier molecular flexibility index (Phi) is 5.60. The first kappa shape index (κ1) is 21.8. The number of aromatic nitrogens is 2. The first-order chi connectivity index (χ1) is 15.2. The fourth-order valence-corrected chi connectivity index (χ4v) is 4.91. The fraction of sp³-hybridized carbons (Fsp3) is 0.429. The van der Waals surface area contributed by atoms with Crippen LogP contribution in [0.4, 0.5) is 17.5 Å². The summed E-state index contributed by atoms with van der Waals surface area (Å²) in [6.45, 7) is 4.09. The van der Waals surface area contributed by atoms with E-state index in [0.29, 0.717) is 5.95 Å². The van der Waals surface area contributed by atoms with Gasteiger partial charge < -0.3 is 10.2 Å². The highest BCUT2D eigenvalue weighted by Gasteiger charge is 2.42. The molecule has 32 heavy (non-hydrogen) atoms. The molecule has 2 aliphatic rings. The molecule has 4 atom stereocenters. The number of benzene rings is 1. The number of amides is 1. The van der Waals surface area contributed by atoms with Gasteiger partial charge in [0, 0.05) is 35.2 Å². The SMILES string of the molecule is CC1CCCC(C)N1c1nc2c(c(=O)[nH]1)C(c1cc([N+](=O)[O-])ccc1Cl)C(C#N)C(=O)N2. The Morgan fingerprint density at radius 2 is 1.97 bits per heavy atom. The lowest BCUT2D eigenvalue weighted by atomic mass is 9.79. The molecule has 1 aromatic carbocycles. The first-order valence-electron chi connectivity index (χ1n) is 10.3. The van der Waals surface area contributed by atoms with Crippen molar-refractivity contribution in [1.82, 2.24) is 9.97 Å². The number of H-pyrrole nitrogens is 1. The molecule has 0 bridgehead atoms. The molecule has 166 valence electrons. The van der Waals surface area contributed by atoms with Gasteiger partial charge in [0.25, 0.3) is 11.2 Å².